The maximum Gasteiger partial charge on any atom is 0.255 e. The first-order valence-corrected chi connectivity index (χ1v) is 9.11. The summed E-state index contributed by atoms with van der Waals surface area (Å²) in [5.74, 6) is 0.112. The zero-order valence-corrected chi connectivity index (χ0v) is 14.4. The van der Waals surface area contributed by atoms with Gasteiger partial charge in [0.05, 0.1) is 24.5 Å². The molecule has 2 fully saturated rings. The molecule has 132 valence electrons. The fraction of sp³-hybridized carbons (Fsp3) is 0.667. The van der Waals surface area contributed by atoms with Gasteiger partial charge in [-0.1, -0.05) is 12.8 Å². The van der Waals surface area contributed by atoms with Crippen molar-refractivity contribution in [2.24, 2.45) is 0 Å². The second-order valence-electron chi connectivity index (χ2n) is 6.55. The van der Waals surface area contributed by atoms with Crippen LogP contribution in [-0.4, -0.2) is 73.2 Å². The van der Waals surface area contributed by atoms with E-state index >= 15 is 0 Å². The van der Waals surface area contributed by atoms with Gasteiger partial charge < -0.3 is 15.0 Å². The van der Waals surface area contributed by atoms with Gasteiger partial charge in [-0.3, -0.25) is 14.7 Å². The highest BCUT2D eigenvalue weighted by Crippen LogP contribution is 2.15. The number of carbonyl (C=O) groups excluding carboxylic acids is 1. The van der Waals surface area contributed by atoms with Gasteiger partial charge in [-0.25, -0.2) is 0 Å². The van der Waals surface area contributed by atoms with Crippen molar-refractivity contribution in [3.63, 3.8) is 0 Å². The smallest absolute Gasteiger partial charge is 0.255 e. The van der Waals surface area contributed by atoms with E-state index in [1.54, 1.807) is 12.4 Å². The molecule has 0 aromatic carbocycles. The molecule has 6 nitrogen and oxygen atoms in total. The van der Waals surface area contributed by atoms with Crippen LogP contribution in [0, 0.1) is 0 Å². The van der Waals surface area contributed by atoms with Crippen LogP contribution >= 0.6 is 0 Å². The number of rotatable bonds is 5. The van der Waals surface area contributed by atoms with Gasteiger partial charge in [-0.05, 0) is 18.9 Å². The summed E-state index contributed by atoms with van der Waals surface area (Å²) in [6.45, 7) is 7.20. The largest absolute Gasteiger partial charge is 0.382 e. The number of anilines is 1. The molecule has 1 aromatic heterocycles. The SMILES string of the molecule is O=C(c1cncc(NCCN2CCOCC2)c1)N1CCCCCC1. The number of amides is 1. The molecule has 3 heterocycles. The van der Waals surface area contributed by atoms with E-state index in [2.05, 4.69) is 15.2 Å². The number of nitrogens with one attached hydrogen (secondary N) is 1. The summed E-state index contributed by atoms with van der Waals surface area (Å²) in [5.41, 5.74) is 1.61. The van der Waals surface area contributed by atoms with Gasteiger partial charge in [-0.15, -0.1) is 0 Å². The lowest BCUT2D eigenvalue weighted by Crippen LogP contribution is -2.39. The Kier molecular flexibility index (Phi) is 6.43. The number of ether oxygens (including phenoxy) is 1. The molecule has 3 rings (SSSR count). The van der Waals surface area contributed by atoms with Gasteiger partial charge in [-0.2, -0.15) is 0 Å². The van der Waals surface area contributed by atoms with Crippen LogP contribution in [0.4, 0.5) is 5.69 Å². The minimum atomic E-state index is 0.112. The lowest BCUT2D eigenvalue weighted by atomic mass is 10.2. The predicted octanol–water partition coefficient (Wildman–Crippen LogP) is 1.84. The summed E-state index contributed by atoms with van der Waals surface area (Å²) in [6.07, 6.45) is 8.14. The van der Waals surface area contributed by atoms with Crippen molar-refractivity contribution in [3.8, 4) is 0 Å². The molecular formula is C18H28N4O2. The Labute approximate surface area is 144 Å². The maximum absolute atomic E-state index is 12.7. The molecule has 2 aliphatic heterocycles. The molecule has 0 spiro atoms. The zero-order valence-electron chi connectivity index (χ0n) is 14.4. The fourth-order valence-electron chi connectivity index (χ4n) is 3.29. The van der Waals surface area contributed by atoms with Gasteiger partial charge in [0.1, 0.15) is 0 Å². The van der Waals surface area contributed by atoms with Crippen molar-refractivity contribution >= 4 is 11.6 Å². The highest BCUT2D eigenvalue weighted by Gasteiger charge is 2.18. The Hall–Kier alpha value is -1.66. The highest BCUT2D eigenvalue weighted by molar-refractivity contribution is 5.94. The second-order valence-corrected chi connectivity index (χ2v) is 6.55. The summed E-state index contributed by atoms with van der Waals surface area (Å²) in [6, 6.07) is 1.93. The average molecular weight is 332 g/mol. The molecule has 2 saturated heterocycles. The van der Waals surface area contributed by atoms with Crippen molar-refractivity contribution in [3.05, 3.63) is 24.0 Å². The van der Waals surface area contributed by atoms with Crippen molar-refractivity contribution < 1.29 is 9.53 Å². The Morgan fingerprint density at radius 1 is 1.08 bits per heavy atom. The monoisotopic (exact) mass is 332 g/mol. The van der Waals surface area contributed by atoms with E-state index in [1.165, 1.54) is 12.8 Å². The van der Waals surface area contributed by atoms with E-state index in [4.69, 9.17) is 4.74 Å². The van der Waals surface area contributed by atoms with Crippen LogP contribution in [0.25, 0.3) is 0 Å². The summed E-state index contributed by atoms with van der Waals surface area (Å²) in [7, 11) is 0. The van der Waals surface area contributed by atoms with E-state index in [9.17, 15) is 4.79 Å². The van der Waals surface area contributed by atoms with Crippen molar-refractivity contribution in [1.29, 1.82) is 0 Å². The standard InChI is InChI=1S/C18H28N4O2/c23-18(22-6-3-1-2-4-7-22)16-13-17(15-19-14-16)20-5-8-21-9-11-24-12-10-21/h13-15,20H,1-12H2. The Morgan fingerprint density at radius 2 is 1.83 bits per heavy atom. The predicted molar refractivity (Wildman–Crippen MR) is 94.4 cm³/mol. The fourth-order valence-corrected chi connectivity index (χ4v) is 3.29. The first-order valence-electron chi connectivity index (χ1n) is 9.11. The summed E-state index contributed by atoms with van der Waals surface area (Å²) in [5, 5.41) is 3.39. The minimum absolute atomic E-state index is 0.112. The third kappa shape index (κ3) is 4.92. The summed E-state index contributed by atoms with van der Waals surface area (Å²) in [4.78, 5) is 21.3. The number of likely N-dealkylation sites (tertiary alicyclic amines) is 1. The van der Waals surface area contributed by atoms with E-state index < -0.39 is 0 Å². The molecular weight excluding hydrogens is 304 g/mol. The molecule has 6 heteroatoms. The van der Waals surface area contributed by atoms with Crippen LogP contribution in [0.1, 0.15) is 36.0 Å². The molecule has 0 atom stereocenters. The van der Waals surface area contributed by atoms with Gasteiger partial charge >= 0.3 is 0 Å². The Balaban J connectivity index is 1.52. The van der Waals surface area contributed by atoms with Crippen LogP contribution in [-0.2, 0) is 4.74 Å². The third-order valence-corrected chi connectivity index (χ3v) is 4.74. The summed E-state index contributed by atoms with van der Waals surface area (Å²) >= 11 is 0. The van der Waals surface area contributed by atoms with E-state index in [0.29, 0.717) is 5.56 Å². The number of aromatic nitrogens is 1. The second kappa shape index (κ2) is 8.99. The number of morpholine rings is 1. The molecule has 0 unspecified atom stereocenters. The molecule has 2 aliphatic rings. The Bertz CT molecular complexity index is 524. The van der Waals surface area contributed by atoms with Gasteiger partial charge in [0, 0.05) is 51.7 Å². The average Bonchev–Trinajstić information content (AvgIpc) is 2.92. The normalized spacial score (nSPS) is 19.8. The van der Waals surface area contributed by atoms with Crippen LogP contribution in [0.2, 0.25) is 0 Å². The minimum Gasteiger partial charge on any atom is -0.382 e. The van der Waals surface area contributed by atoms with Crippen molar-refractivity contribution in [2.45, 2.75) is 25.7 Å². The number of hydrogen-bond donors (Lipinski definition) is 1. The Morgan fingerprint density at radius 3 is 2.58 bits per heavy atom. The quantitative estimate of drug-likeness (QED) is 0.892. The summed E-state index contributed by atoms with van der Waals surface area (Å²) < 4.78 is 5.36. The van der Waals surface area contributed by atoms with Gasteiger partial charge in [0.25, 0.3) is 5.91 Å². The van der Waals surface area contributed by atoms with Gasteiger partial charge in [0.2, 0.25) is 0 Å². The first-order chi connectivity index (χ1) is 11.8. The molecule has 0 aliphatic carbocycles. The van der Waals surface area contributed by atoms with Crippen molar-refractivity contribution in [2.75, 3.05) is 57.8 Å². The zero-order chi connectivity index (χ0) is 16.6. The van der Waals surface area contributed by atoms with E-state index in [0.717, 1.165) is 71.0 Å². The maximum atomic E-state index is 12.7. The number of carbonyl (C=O) groups is 1. The van der Waals surface area contributed by atoms with Crippen LogP contribution in [0.5, 0.6) is 0 Å². The number of nitrogens with zero attached hydrogens (tertiary/aromatic N) is 3. The number of pyridine rings is 1. The van der Waals surface area contributed by atoms with Crippen LogP contribution in [0.3, 0.4) is 0 Å². The third-order valence-electron chi connectivity index (χ3n) is 4.74. The number of hydrogen-bond acceptors (Lipinski definition) is 5. The topological polar surface area (TPSA) is 57.7 Å². The molecule has 1 amide bonds. The van der Waals surface area contributed by atoms with Gasteiger partial charge in [0.15, 0.2) is 0 Å². The highest BCUT2D eigenvalue weighted by atomic mass is 16.5. The molecule has 1 aromatic rings. The molecule has 1 N–H and O–H groups in total. The van der Waals surface area contributed by atoms with Crippen LogP contribution in [0.15, 0.2) is 18.5 Å². The first kappa shape index (κ1) is 17.2. The van der Waals surface area contributed by atoms with Crippen LogP contribution < -0.4 is 5.32 Å². The van der Waals surface area contributed by atoms with E-state index in [-0.39, 0.29) is 5.91 Å². The molecule has 0 saturated carbocycles. The van der Waals surface area contributed by atoms with Crippen molar-refractivity contribution in [1.82, 2.24) is 14.8 Å². The molecule has 0 radical (unpaired) electrons. The van der Waals surface area contributed by atoms with E-state index in [1.807, 2.05) is 11.0 Å². The molecule has 0 bridgehead atoms. The lowest BCUT2D eigenvalue weighted by molar-refractivity contribution is 0.0398. The molecule has 24 heavy (non-hydrogen) atoms. The lowest BCUT2D eigenvalue weighted by Gasteiger charge is -2.26.